The number of carbonyl (C=O) groups excluding carboxylic acids is 2. The molecule has 9 heteroatoms. The number of fused-ring (bicyclic) bond motifs is 1. The summed E-state index contributed by atoms with van der Waals surface area (Å²) in [6.45, 7) is 1.99. The van der Waals surface area contributed by atoms with Crippen molar-refractivity contribution in [1.29, 1.82) is 0 Å². The summed E-state index contributed by atoms with van der Waals surface area (Å²) in [5, 5.41) is 6.59. The number of esters is 1. The van der Waals surface area contributed by atoms with E-state index < -0.39 is 17.8 Å². The summed E-state index contributed by atoms with van der Waals surface area (Å²) >= 11 is 0. The lowest BCUT2D eigenvalue weighted by molar-refractivity contribution is -0.142. The van der Waals surface area contributed by atoms with Crippen LogP contribution in [0.5, 0.6) is 0 Å². The monoisotopic (exact) mass is 457 g/mol. The molecule has 1 N–H and O–H groups in total. The number of rotatable bonds is 5. The molecule has 0 fully saturated rings. The molecule has 33 heavy (non-hydrogen) atoms. The summed E-state index contributed by atoms with van der Waals surface area (Å²) in [6.07, 6.45) is -2.09. The SMILES string of the molecule is CCOC(=O)c1ccc(NC(=O)c2ccc(-n3nc(C(F)(F)F)c4c3CCCC4)cc2)cc1. The van der Waals surface area contributed by atoms with Gasteiger partial charge in [-0.3, -0.25) is 4.79 Å². The van der Waals surface area contributed by atoms with Gasteiger partial charge in [-0.1, -0.05) is 0 Å². The Kier molecular flexibility index (Phi) is 6.22. The summed E-state index contributed by atoms with van der Waals surface area (Å²) in [6, 6.07) is 12.5. The number of nitrogens with one attached hydrogen (secondary N) is 1. The minimum absolute atomic E-state index is 0.266. The predicted molar refractivity (Wildman–Crippen MR) is 116 cm³/mol. The molecule has 1 aromatic heterocycles. The fourth-order valence-corrected chi connectivity index (χ4v) is 3.90. The Labute approximate surface area is 188 Å². The van der Waals surface area contributed by atoms with Gasteiger partial charge in [0, 0.05) is 22.5 Å². The molecule has 0 spiro atoms. The van der Waals surface area contributed by atoms with Crippen molar-refractivity contribution in [3.05, 3.63) is 76.6 Å². The summed E-state index contributed by atoms with van der Waals surface area (Å²) in [4.78, 5) is 24.3. The lowest BCUT2D eigenvalue weighted by Crippen LogP contribution is -2.13. The standard InChI is InChI=1S/C24H22F3N3O3/c1-2-33-23(32)16-7-11-17(12-8-16)28-22(31)15-9-13-18(14-10-15)30-20-6-4-3-5-19(20)21(29-30)24(25,26)27/h7-14H,2-6H2,1H3,(H,28,31). The number of amides is 1. The number of alkyl halides is 3. The quantitative estimate of drug-likeness (QED) is 0.535. The van der Waals surface area contributed by atoms with Crippen LogP contribution in [0.1, 0.15) is 57.4 Å². The van der Waals surface area contributed by atoms with Gasteiger partial charge in [-0.15, -0.1) is 0 Å². The van der Waals surface area contributed by atoms with Gasteiger partial charge in [0.05, 0.1) is 17.9 Å². The first-order valence-electron chi connectivity index (χ1n) is 10.6. The third-order valence-corrected chi connectivity index (χ3v) is 5.48. The van der Waals surface area contributed by atoms with E-state index in [1.807, 2.05) is 0 Å². The Morgan fingerprint density at radius 2 is 1.64 bits per heavy atom. The van der Waals surface area contributed by atoms with Crippen LogP contribution in [0.2, 0.25) is 0 Å². The Morgan fingerprint density at radius 3 is 2.27 bits per heavy atom. The maximum atomic E-state index is 13.4. The van der Waals surface area contributed by atoms with Crippen LogP contribution in [0.3, 0.4) is 0 Å². The maximum Gasteiger partial charge on any atom is 0.435 e. The van der Waals surface area contributed by atoms with Gasteiger partial charge in [0.15, 0.2) is 5.69 Å². The maximum absolute atomic E-state index is 13.4. The molecule has 0 radical (unpaired) electrons. The topological polar surface area (TPSA) is 73.2 Å². The number of halogens is 3. The number of hydrogen-bond donors (Lipinski definition) is 1. The molecule has 0 aliphatic heterocycles. The van der Waals surface area contributed by atoms with Crippen molar-refractivity contribution < 1.29 is 27.5 Å². The van der Waals surface area contributed by atoms with E-state index in [0.29, 0.717) is 47.5 Å². The van der Waals surface area contributed by atoms with Crippen LogP contribution in [-0.2, 0) is 23.8 Å². The fraction of sp³-hybridized carbons (Fsp3) is 0.292. The first-order valence-corrected chi connectivity index (χ1v) is 10.6. The number of aromatic nitrogens is 2. The van der Waals surface area contributed by atoms with Crippen molar-refractivity contribution in [3.8, 4) is 5.69 Å². The van der Waals surface area contributed by atoms with Gasteiger partial charge in [-0.05, 0) is 81.1 Å². The van der Waals surface area contributed by atoms with E-state index in [1.54, 1.807) is 55.5 Å². The number of nitrogens with zero attached hydrogens (tertiary/aromatic N) is 2. The number of benzene rings is 2. The third-order valence-electron chi connectivity index (χ3n) is 5.48. The zero-order valence-corrected chi connectivity index (χ0v) is 17.9. The summed E-state index contributed by atoms with van der Waals surface area (Å²) in [5.41, 5.74) is 1.69. The van der Waals surface area contributed by atoms with Crippen LogP contribution in [-0.4, -0.2) is 28.3 Å². The van der Waals surface area contributed by atoms with Crippen LogP contribution in [0, 0.1) is 0 Å². The van der Waals surface area contributed by atoms with Gasteiger partial charge in [-0.25, -0.2) is 9.48 Å². The van der Waals surface area contributed by atoms with E-state index in [1.165, 1.54) is 4.68 Å². The number of ether oxygens (including phenoxy) is 1. The zero-order valence-electron chi connectivity index (χ0n) is 17.9. The molecule has 2 aromatic carbocycles. The summed E-state index contributed by atoms with van der Waals surface area (Å²) in [5.74, 6) is -0.829. The number of carbonyl (C=O) groups is 2. The van der Waals surface area contributed by atoms with Crippen molar-refractivity contribution in [1.82, 2.24) is 9.78 Å². The molecule has 0 saturated carbocycles. The average molecular weight is 457 g/mol. The third kappa shape index (κ3) is 4.76. The number of hydrogen-bond acceptors (Lipinski definition) is 4. The van der Waals surface area contributed by atoms with Crippen molar-refractivity contribution in [2.45, 2.75) is 38.8 Å². The highest BCUT2D eigenvalue weighted by Gasteiger charge is 2.39. The normalized spacial score (nSPS) is 13.3. The van der Waals surface area contributed by atoms with Crippen LogP contribution in [0.25, 0.3) is 5.69 Å². The molecule has 0 atom stereocenters. The Morgan fingerprint density at radius 1 is 1.00 bits per heavy atom. The van der Waals surface area contributed by atoms with Crippen molar-refractivity contribution in [3.63, 3.8) is 0 Å². The highest BCUT2D eigenvalue weighted by Crippen LogP contribution is 2.36. The second kappa shape index (κ2) is 9.09. The molecule has 0 bridgehead atoms. The lowest BCUT2D eigenvalue weighted by Gasteiger charge is -2.15. The van der Waals surface area contributed by atoms with E-state index in [-0.39, 0.29) is 18.1 Å². The second-order valence-corrected chi connectivity index (χ2v) is 7.69. The van der Waals surface area contributed by atoms with Crippen LogP contribution in [0.15, 0.2) is 48.5 Å². The molecule has 4 rings (SSSR count). The molecule has 0 saturated heterocycles. The minimum atomic E-state index is -4.50. The van der Waals surface area contributed by atoms with E-state index in [0.717, 1.165) is 6.42 Å². The molecule has 1 heterocycles. The molecule has 1 aliphatic carbocycles. The Balaban J connectivity index is 1.51. The van der Waals surface area contributed by atoms with Gasteiger partial charge in [-0.2, -0.15) is 18.3 Å². The Bertz CT molecular complexity index is 1170. The molecule has 6 nitrogen and oxygen atoms in total. The van der Waals surface area contributed by atoms with E-state index in [9.17, 15) is 22.8 Å². The molecule has 0 unspecified atom stereocenters. The van der Waals surface area contributed by atoms with Gasteiger partial charge >= 0.3 is 12.1 Å². The molecular formula is C24H22F3N3O3. The second-order valence-electron chi connectivity index (χ2n) is 7.69. The molecule has 1 amide bonds. The average Bonchev–Trinajstić information content (AvgIpc) is 3.20. The predicted octanol–water partition coefficient (Wildman–Crippen LogP) is 5.20. The zero-order chi connectivity index (χ0) is 23.6. The van der Waals surface area contributed by atoms with E-state index >= 15 is 0 Å². The van der Waals surface area contributed by atoms with Gasteiger partial charge in [0.1, 0.15) is 0 Å². The van der Waals surface area contributed by atoms with Gasteiger partial charge in [0.2, 0.25) is 0 Å². The largest absolute Gasteiger partial charge is 0.462 e. The first kappa shape index (κ1) is 22.6. The molecule has 3 aromatic rings. The molecule has 172 valence electrons. The van der Waals surface area contributed by atoms with E-state index in [2.05, 4.69) is 10.4 Å². The Hall–Kier alpha value is -3.62. The van der Waals surface area contributed by atoms with Crippen LogP contribution in [0.4, 0.5) is 18.9 Å². The minimum Gasteiger partial charge on any atom is -0.462 e. The van der Waals surface area contributed by atoms with Crippen molar-refractivity contribution in [2.24, 2.45) is 0 Å². The van der Waals surface area contributed by atoms with Crippen molar-refractivity contribution >= 4 is 17.6 Å². The highest BCUT2D eigenvalue weighted by atomic mass is 19.4. The summed E-state index contributed by atoms with van der Waals surface area (Å²) in [7, 11) is 0. The smallest absolute Gasteiger partial charge is 0.435 e. The van der Waals surface area contributed by atoms with Crippen LogP contribution >= 0.6 is 0 Å². The first-order chi connectivity index (χ1) is 15.8. The van der Waals surface area contributed by atoms with Crippen molar-refractivity contribution in [2.75, 3.05) is 11.9 Å². The summed E-state index contributed by atoms with van der Waals surface area (Å²) < 4.78 is 46.6. The van der Waals surface area contributed by atoms with E-state index in [4.69, 9.17) is 4.74 Å². The highest BCUT2D eigenvalue weighted by molar-refractivity contribution is 6.04. The molecular weight excluding hydrogens is 435 g/mol. The van der Waals surface area contributed by atoms with Gasteiger partial charge in [0.25, 0.3) is 5.91 Å². The lowest BCUT2D eigenvalue weighted by atomic mass is 9.95. The number of anilines is 1. The van der Waals surface area contributed by atoms with Gasteiger partial charge < -0.3 is 10.1 Å². The van der Waals surface area contributed by atoms with Crippen LogP contribution < -0.4 is 5.32 Å². The molecule has 1 aliphatic rings. The fourth-order valence-electron chi connectivity index (χ4n) is 3.90.